The number of ether oxygens (including phenoxy) is 2. The zero-order valence-electron chi connectivity index (χ0n) is 16.4. The summed E-state index contributed by atoms with van der Waals surface area (Å²) in [6.07, 6.45) is 1.53. The van der Waals surface area contributed by atoms with Gasteiger partial charge in [0.1, 0.15) is 11.6 Å². The standard InChI is InChI=1S/C22H23BrN2O3/c1-5-27-20-12-16(11-18(23)21(20)28-6-2)10-17(13-24)22(26)25-19-9-14(3)7-8-15(19)4/h7-12H,5-6H2,1-4H3,(H,25,26)/b17-10-. The summed E-state index contributed by atoms with van der Waals surface area (Å²) in [5.74, 6) is 0.691. The lowest BCUT2D eigenvalue weighted by molar-refractivity contribution is -0.112. The van der Waals surface area contributed by atoms with Crippen molar-refractivity contribution in [1.29, 1.82) is 5.26 Å². The number of aryl methyl sites for hydroxylation is 2. The van der Waals surface area contributed by atoms with E-state index in [1.807, 2.05) is 52.0 Å². The number of nitrogens with one attached hydrogen (secondary N) is 1. The van der Waals surface area contributed by atoms with E-state index in [0.29, 0.717) is 40.4 Å². The molecule has 0 fully saturated rings. The second-order valence-corrected chi connectivity index (χ2v) is 6.99. The van der Waals surface area contributed by atoms with Crippen molar-refractivity contribution in [1.82, 2.24) is 0 Å². The Hall–Kier alpha value is -2.78. The van der Waals surface area contributed by atoms with Gasteiger partial charge in [-0.05, 0) is 84.6 Å². The molecular weight excluding hydrogens is 420 g/mol. The molecule has 0 aromatic heterocycles. The Morgan fingerprint density at radius 2 is 1.89 bits per heavy atom. The van der Waals surface area contributed by atoms with Crippen LogP contribution in [0.5, 0.6) is 11.5 Å². The molecule has 0 spiro atoms. The zero-order chi connectivity index (χ0) is 20.7. The molecule has 0 unspecified atom stereocenters. The minimum Gasteiger partial charge on any atom is -0.490 e. The van der Waals surface area contributed by atoms with Gasteiger partial charge in [0, 0.05) is 5.69 Å². The van der Waals surface area contributed by atoms with Crippen LogP contribution in [0.3, 0.4) is 0 Å². The first-order valence-electron chi connectivity index (χ1n) is 8.99. The molecule has 2 aromatic carbocycles. The fourth-order valence-electron chi connectivity index (χ4n) is 2.59. The Kier molecular flexibility index (Phi) is 7.65. The zero-order valence-corrected chi connectivity index (χ0v) is 18.0. The molecular formula is C22H23BrN2O3. The fourth-order valence-corrected chi connectivity index (χ4v) is 3.17. The van der Waals surface area contributed by atoms with E-state index in [-0.39, 0.29) is 5.57 Å². The summed E-state index contributed by atoms with van der Waals surface area (Å²) in [6, 6.07) is 11.3. The molecule has 5 nitrogen and oxygen atoms in total. The molecule has 28 heavy (non-hydrogen) atoms. The molecule has 2 rings (SSSR count). The van der Waals surface area contributed by atoms with Crippen molar-refractivity contribution in [3.63, 3.8) is 0 Å². The Bertz CT molecular complexity index is 946. The topological polar surface area (TPSA) is 71.3 Å². The Morgan fingerprint density at radius 3 is 2.54 bits per heavy atom. The molecule has 0 aliphatic carbocycles. The van der Waals surface area contributed by atoms with Gasteiger partial charge in [-0.3, -0.25) is 4.79 Å². The van der Waals surface area contributed by atoms with Gasteiger partial charge in [-0.2, -0.15) is 5.26 Å². The van der Waals surface area contributed by atoms with E-state index < -0.39 is 5.91 Å². The number of hydrogen-bond donors (Lipinski definition) is 1. The maximum atomic E-state index is 12.6. The largest absolute Gasteiger partial charge is 0.490 e. The number of carbonyl (C=O) groups excluding carboxylic acids is 1. The highest BCUT2D eigenvalue weighted by Crippen LogP contribution is 2.37. The molecule has 1 N–H and O–H groups in total. The van der Waals surface area contributed by atoms with Crippen LogP contribution in [-0.4, -0.2) is 19.1 Å². The van der Waals surface area contributed by atoms with Crippen molar-refractivity contribution in [2.24, 2.45) is 0 Å². The van der Waals surface area contributed by atoms with E-state index in [9.17, 15) is 10.1 Å². The number of benzene rings is 2. The number of carbonyl (C=O) groups is 1. The predicted molar refractivity (Wildman–Crippen MR) is 115 cm³/mol. The van der Waals surface area contributed by atoms with Crippen molar-refractivity contribution in [3.05, 3.63) is 57.1 Å². The number of nitriles is 1. The van der Waals surface area contributed by atoms with Crippen LogP contribution >= 0.6 is 15.9 Å². The van der Waals surface area contributed by atoms with Crippen molar-refractivity contribution in [2.45, 2.75) is 27.7 Å². The van der Waals surface area contributed by atoms with E-state index in [1.54, 1.807) is 12.1 Å². The molecule has 0 radical (unpaired) electrons. The third-order valence-electron chi connectivity index (χ3n) is 3.94. The SMILES string of the molecule is CCOc1cc(/C=C(/C#N)C(=O)Nc2cc(C)ccc2C)cc(Br)c1OCC. The van der Waals surface area contributed by atoms with Crippen LogP contribution in [0, 0.1) is 25.2 Å². The first-order chi connectivity index (χ1) is 13.4. The van der Waals surface area contributed by atoms with Crippen molar-refractivity contribution < 1.29 is 14.3 Å². The normalized spacial score (nSPS) is 10.9. The van der Waals surface area contributed by atoms with Crippen molar-refractivity contribution in [2.75, 3.05) is 18.5 Å². The third-order valence-corrected chi connectivity index (χ3v) is 4.53. The highest BCUT2D eigenvalue weighted by molar-refractivity contribution is 9.10. The molecule has 0 aliphatic heterocycles. The highest BCUT2D eigenvalue weighted by atomic mass is 79.9. The molecule has 2 aromatic rings. The van der Waals surface area contributed by atoms with Gasteiger partial charge in [-0.25, -0.2) is 0 Å². The monoisotopic (exact) mass is 442 g/mol. The lowest BCUT2D eigenvalue weighted by atomic mass is 10.1. The van der Waals surface area contributed by atoms with Gasteiger partial charge < -0.3 is 14.8 Å². The number of rotatable bonds is 7. The van der Waals surface area contributed by atoms with Gasteiger partial charge in [0.15, 0.2) is 11.5 Å². The Morgan fingerprint density at radius 1 is 1.18 bits per heavy atom. The van der Waals surface area contributed by atoms with Crippen molar-refractivity contribution >= 4 is 33.6 Å². The second-order valence-electron chi connectivity index (χ2n) is 6.14. The quantitative estimate of drug-likeness (QED) is 0.459. The van der Waals surface area contributed by atoms with Gasteiger partial charge in [0.2, 0.25) is 0 Å². The number of anilines is 1. The van der Waals surface area contributed by atoms with Crippen LogP contribution < -0.4 is 14.8 Å². The molecule has 0 heterocycles. The maximum absolute atomic E-state index is 12.6. The molecule has 6 heteroatoms. The summed E-state index contributed by atoms with van der Waals surface area (Å²) >= 11 is 3.47. The summed E-state index contributed by atoms with van der Waals surface area (Å²) in [4.78, 5) is 12.6. The van der Waals surface area contributed by atoms with Crippen LogP contribution in [-0.2, 0) is 4.79 Å². The predicted octanol–water partition coefficient (Wildman–Crippen LogP) is 5.41. The summed E-state index contributed by atoms with van der Waals surface area (Å²) in [5.41, 5.74) is 3.30. The van der Waals surface area contributed by atoms with Crippen LogP contribution in [0.25, 0.3) is 6.08 Å². The number of nitrogens with zero attached hydrogens (tertiary/aromatic N) is 1. The van der Waals surface area contributed by atoms with E-state index >= 15 is 0 Å². The molecule has 0 atom stereocenters. The second kappa shape index (κ2) is 9.95. The summed E-state index contributed by atoms with van der Waals surface area (Å²) in [5, 5.41) is 12.3. The van der Waals surface area contributed by atoms with E-state index in [2.05, 4.69) is 21.2 Å². The minimum absolute atomic E-state index is 0.000542. The van der Waals surface area contributed by atoms with Gasteiger partial charge in [-0.1, -0.05) is 12.1 Å². The minimum atomic E-state index is -0.459. The van der Waals surface area contributed by atoms with Crippen molar-refractivity contribution in [3.8, 4) is 17.6 Å². The van der Waals surface area contributed by atoms with Gasteiger partial charge in [0.25, 0.3) is 5.91 Å². The molecule has 0 bridgehead atoms. The first kappa shape index (κ1) is 21.5. The molecule has 0 saturated heterocycles. The highest BCUT2D eigenvalue weighted by Gasteiger charge is 2.14. The average Bonchev–Trinajstić information content (AvgIpc) is 2.65. The number of amides is 1. The average molecular weight is 443 g/mol. The summed E-state index contributed by atoms with van der Waals surface area (Å²) in [7, 11) is 0. The molecule has 0 saturated carbocycles. The molecule has 146 valence electrons. The lowest BCUT2D eigenvalue weighted by Gasteiger charge is -2.14. The molecule has 0 aliphatic rings. The van der Waals surface area contributed by atoms with Crippen LogP contribution in [0.15, 0.2) is 40.4 Å². The first-order valence-corrected chi connectivity index (χ1v) is 9.78. The Labute approximate surface area is 174 Å². The lowest BCUT2D eigenvalue weighted by Crippen LogP contribution is -2.14. The van der Waals surface area contributed by atoms with Crippen LogP contribution in [0.2, 0.25) is 0 Å². The number of hydrogen-bond acceptors (Lipinski definition) is 4. The third kappa shape index (κ3) is 5.37. The van der Waals surface area contributed by atoms with Gasteiger partial charge >= 0.3 is 0 Å². The van der Waals surface area contributed by atoms with Crippen LogP contribution in [0.1, 0.15) is 30.5 Å². The summed E-state index contributed by atoms with van der Waals surface area (Å²) < 4.78 is 12.0. The molecule has 1 amide bonds. The summed E-state index contributed by atoms with van der Waals surface area (Å²) in [6.45, 7) is 8.59. The van der Waals surface area contributed by atoms with E-state index in [0.717, 1.165) is 11.1 Å². The Balaban J connectivity index is 2.36. The van der Waals surface area contributed by atoms with E-state index in [1.165, 1.54) is 6.08 Å². The fraction of sp³-hybridized carbons (Fsp3) is 0.273. The smallest absolute Gasteiger partial charge is 0.266 e. The number of halogens is 1. The van der Waals surface area contributed by atoms with Gasteiger partial charge in [-0.15, -0.1) is 0 Å². The van der Waals surface area contributed by atoms with Crippen LogP contribution in [0.4, 0.5) is 5.69 Å². The van der Waals surface area contributed by atoms with E-state index in [4.69, 9.17) is 9.47 Å². The maximum Gasteiger partial charge on any atom is 0.266 e. The van der Waals surface area contributed by atoms with Gasteiger partial charge in [0.05, 0.1) is 17.7 Å².